The molecule has 1 fully saturated rings. The van der Waals surface area contributed by atoms with E-state index in [1.54, 1.807) is 0 Å². The standard InChI is InChI=1S/C25H46O3/c1-2-3-4-5-6-7-8-9-10-11-12-13-14-15-16-17-18-19-20-21-23-22-24(26)28-25(23)27/h23H,2-22H2,1H3. The van der Waals surface area contributed by atoms with Gasteiger partial charge in [0.1, 0.15) is 0 Å². The van der Waals surface area contributed by atoms with Crippen molar-refractivity contribution in [1.82, 2.24) is 0 Å². The Labute approximate surface area is 174 Å². The molecule has 164 valence electrons. The first-order valence-electron chi connectivity index (χ1n) is 12.5. The van der Waals surface area contributed by atoms with E-state index < -0.39 is 0 Å². The van der Waals surface area contributed by atoms with Crippen LogP contribution in [0.5, 0.6) is 0 Å². The first kappa shape index (κ1) is 25.2. The third kappa shape index (κ3) is 14.2. The van der Waals surface area contributed by atoms with Crippen LogP contribution in [0.25, 0.3) is 0 Å². The van der Waals surface area contributed by atoms with Gasteiger partial charge in [-0.1, -0.05) is 129 Å². The van der Waals surface area contributed by atoms with Crippen LogP contribution >= 0.6 is 0 Å². The molecule has 3 nitrogen and oxygen atoms in total. The average Bonchev–Trinajstić information content (AvgIpc) is 3.00. The van der Waals surface area contributed by atoms with Gasteiger partial charge in [-0.25, -0.2) is 0 Å². The van der Waals surface area contributed by atoms with Crippen molar-refractivity contribution in [2.75, 3.05) is 0 Å². The highest BCUT2D eigenvalue weighted by atomic mass is 16.6. The minimum Gasteiger partial charge on any atom is -0.393 e. The second-order valence-corrected chi connectivity index (χ2v) is 8.85. The van der Waals surface area contributed by atoms with Gasteiger partial charge in [0.2, 0.25) is 0 Å². The predicted molar refractivity (Wildman–Crippen MR) is 117 cm³/mol. The number of hydrogen-bond acceptors (Lipinski definition) is 3. The summed E-state index contributed by atoms with van der Waals surface area (Å²) in [5, 5.41) is 0. The van der Waals surface area contributed by atoms with Crippen molar-refractivity contribution >= 4 is 11.9 Å². The molecule has 1 saturated heterocycles. The van der Waals surface area contributed by atoms with Crippen molar-refractivity contribution in [2.45, 2.75) is 142 Å². The van der Waals surface area contributed by atoms with E-state index in [1.807, 2.05) is 0 Å². The lowest BCUT2D eigenvalue weighted by atomic mass is 9.98. The smallest absolute Gasteiger partial charge is 0.317 e. The largest absolute Gasteiger partial charge is 0.393 e. The Bertz CT molecular complexity index is 391. The number of hydrogen-bond donors (Lipinski definition) is 0. The van der Waals surface area contributed by atoms with Crippen LogP contribution in [0.1, 0.15) is 142 Å². The molecule has 1 heterocycles. The van der Waals surface area contributed by atoms with E-state index in [0.29, 0.717) is 6.42 Å². The third-order valence-corrected chi connectivity index (χ3v) is 6.12. The molecule has 0 aromatic rings. The van der Waals surface area contributed by atoms with Crippen LogP contribution in [0.15, 0.2) is 0 Å². The molecular formula is C25H46O3. The van der Waals surface area contributed by atoms with Gasteiger partial charge in [0.05, 0.1) is 12.3 Å². The van der Waals surface area contributed by atoms with Crippen LogP contribution < -0.4 is 0 Å². The molecule has 0 saturated carbocycles. The Balaban J connectivity index is 1.69. The molecule has 0 N–H and O–H groups in total. The van der Waals surface area contributed by atoms with Crippen molar-refractivity contribution in [3.8, 4) is 0 Å². The summed E-state index contributed by atoms with van der Waals surface area (Å²) in [5.41, 5.74) is 0. The zero-order valence-electron chi connectivity index (χ0n) is 18.7. The molecule has 1 unspecified atom stereocenters. The molecule has 1 rings (SSSR count). The maximum absolute atomic E-state index is 11.4. The zero-order valence-corrected chi connectivity index (χ0v) is 18.7. The van der Waals surface area contributed by atoms with Gasteiger partial charge in [0, 0.05) is 0 Å². The Morgan fingerprint density at radius 3 is 1.29 bits per heavy atom. The number of cyclic esters (lactones) is 2. The van der Waals surface area contributed by atoms with Gasteiger partial charge in [-0.3, -0.25) is 9.59 Å². The van der Waals surface area contributed by atoms with Gasteiger partial charge in [0.25, 0.3) is 0 Å². The summed E-state index contributed by atoms with van der Waals surface area (Å²) in [6.07, 6.45) is 27.2. The summed E-state index contributed by atoms with van der Waals surface area (Å²) in [5.74, 6) is -0.793. The average molecular weight is 395 g/mol. The SMILES string of the molecule is CCCCCCCCCCCCCCCCCCCCCC1CC(=O)OC1=O. The van der Waals surface area contributed by atoms with Crippen molar-refractivity contribution < 1.29 is 14.3 Å². The van der Waals surface area contributed by atoms with Crippen molar-refractivity contribution in [1.29, 1.82) is 0 Å². The minimum absolute atomic E-state index is 0.154. The van der Waals surface area contributed by atoms with E-state index in [1.165, 1.54) is 116 Å². The summed E-state index contributed by atoms with van der Waals surface area (Å²) in [6, 6.07) is 0. The lowest BCUT2D eigenvalue weighted by Gasteiger charge is -2.05. The van der Waals surface area contributed by atoms with E-state index in [-0.39, 0.29) is 17.9 Å². The maximum Gasteiger partial charge on any atom is 0.317 e. The second-order valence-electron chi connectivity index (χ2n) is 8.85. The fourth-order valence-electron chi connectivity index (χ4n) is 4.21. The molecule has 1 atom stereocenters. The molecular weight excluding hydrogens is 348 g/mol. The fraction of sp³-hybridized carbons (Fsp3) is 0.920. The van der Waals surface area contributed by atoms with E-state index in [2.05, 4.69) is 11.7 Å². The summed E-state index contributed by atoms with van der Waals surface area (Å²) < 4.78 is 4.59. The van der Waals surface area contributed by atoms with Crippen LogP contribution in [0.3, 0.4) is 0 Å². The normalized spacial score (nSPS) is 16.7. The van der Waals surface area contributed by atoms with Crippen LogP contribution in [-0.4, -0.2) is 11.9 Å². The van der Waals surface area contributed by atoms with Gasteiger partial charge >= 0.3 is 11.9 Å². The van der Waals surface area contributed by atoms with Gasteiger partial charge in [-0.2, -0.15) is 0 Å². The quantitative estimate of drug-likeness (QED) is 0.120. The number of unbranched alkanes of at least 4 members (excludes halogenated alkanes) is 18. The van der Waals surface area contributed by atoms with Gasteiger partial charge in [0.15, 0.2) is 0 Å². The minimum atomic E-state index is -0.340. The summed E-state index contributed by atoms with van der Waals surface area (Å²) in [7, 11) is 0. The highest BCUT2D eigenvalue weighted by molar-refractivity contribution is 5.94. The van der Waals surface area contributed by atoms with Gasteiger partial charge < -0.3 is 4.74 Å². The number of carbonyl (C=O) groups excluding carboxylic acids is 2. The Hall–Kier alpha value is -0.860. The molecule has 28 heavy (non-hydrogen) atoms. The lowest BCUT2D eigenvalue weighted by Crippen LogP contribution is -2.06. The lowest BCUT2D eigenvalue weighted by molar-refractivity contribution is -0.153. The molecule has 0 aromatic carbocycles. The first-order valence-corrected chi connectivity index (χ1v) is 12.5. The first-order chi connectivity index (χ1) is 13.7. The van der Waals surface area contributed by atoms with Crippen molar-refractivity contribution in [3.63, 3.8) is 0 Å². The maximum atomic E-state index is 11.4. The molecule has 1 aliphatic heterocycles. The van der Waals surface area contributed by atoms with E-state index in [9.17, 15) is 9.59 Å². The molecule has 0 bridgehead atoms. The Morgan fingerprint density at radius 1 is 0.607 bits per heavy atom. The van der Waals surface area contributed by atoms with E-state index >= 15 is 0 Å². The Kier molecular flexibility index (Phi) is 16.4. The third-order valence-electron chi connectivity index (χ3n) is 6.12. The molecule has 0 amide bonds. The Morgan fingerprint density at radius 2 is 0.964 bits per heavy atom. The topological polar surface area (TPSA) is 43.4 Å². The van der Waals surface area contributed by atoms with Crippen LogP contribution in [0.4, 0.5) is 0 Å². The van der Waals surface area contributed by atoms with Crippen LogP contribution in [0.2, 0.25) is 0 Å². The highest BCUT2D eigenvalue weighted by Crippen LogP contribution is 2.22. The van der Waals surface area contributed by atoms with Gasteiger partial charge in [-0.15, -0.1) is 0 Å². The summed E-state index contributed by atoms with van der Waals surface area (Å²) >= 11 is 0. The molecule has 0 aromatic heterocycles. The molecule has 3 heteroatoms. The van der Waals surface area contributed by atoms with Crippen molar-refractivity contribution in [3.05, 3.63) is 0 Å². The molecule has 0 aliphatic carbocycles. The second kappa shape index (κ2) is 18.2. The van der Waals surface area contributed by atoms with Crippen molar-refractivity contribution in [2.24, 2.45) is 5.92 Å². The van der Waals surface area contributed by atoms with E-state index in [0.717, 1.165) is 12.8 Å². The van der Waals surface area contributed by atoms with Gasteiger partial charge in [-0.05, 0) is 6.42 Å². The summed E-state index contributed by atoms with van der Waals surface area (Å²) in [6.45, 7) is 2.28. The molecule has 0 spiro atoms. The number of esters is 2. The summed E-state index contributed by atoms with van der Waals surface area (Å²) in [4.78, 5) is 22.4. The highest BCUT2D eigenvalue weighted by Gasteiger charge is 2.32. The number of ether oxygens (including phenoxy) is 1. The van der Waals surface area contributed by atoms with E-state index in [4.69, 9.17) is 0 Å². The molecule has 1 aliphatic rings. The number of carbonyl (C=O) groups is 2. The fourth-order valence-corrected chi connectivity index (χ4v) is 4.21. The predicted octanol–water partition coefficient (Wildman–Crippen LogP) is 7.90. The van der Waals surface area contributed by atoms with Crippen LogP contribution in [0, 0.1) is 5.92 Å². The molecule has 0 radical (unpaired) electrons. The van der Waals surface area contributed by atoms with Crippen LogP contribution in [-0.2, 0) is 14.3 Å². The number of rotatable bonds is 20. The zero-order chi connectivity index (χ0) is 20.3. The monoisotopic (exact) mass is 394 g/mol.